The quantitative estimate of drug-likeness (QED) is 0.113. The van der Waals surface area contributed by atoms with E-state index in [1.807, 2.05) is 0 Å². The molecule has 1 spiro atoms. The minimum Gasteiger partial charge on any atom is -0.311 e. The third-order valence-electron chi connectivity index (χ3n) is 32.7. The van der Waals surface area contributed by atoms with Crippen LogP contribution in [-0.2, 0) is 27.1 Å². The van der Waals surface area contributed by atoms with E-state index < -0.39 is 83.4 Å². The summed E-state index contributed by atoms with van der Waals surface area (Å²) in [6, 6.07) is 153. The lowest BCUT2D eigenvalue weighted by Crippen LogP contribution is -2.65. The Labute approximate surface area is 892 Å². The van der Waals surface area contributed by atoms with Gasteiger partial charge in [0.15, 0.2) is 0 Å². The minimum absolute atomic E-state index is 0.00805. The molecule has 0 amide bonds. The van der Waals surface area contributed by atoms with Crippen LogP contribution in [0.15, 0.2) is 467 Å². The van der Waals surface area contributed by atoms with Gasteiger partial charge in [0, 0.05) is 95.3 Å². The highest BCUT2D eigenvalue weighted by atomic mass is 15.2. The number of hydrogen-bond donors (Lipinski definition) is 0. The zero-order valence-corrected chi connectivity index (χ0v) is 86.2. The topological polar surface area (TPSA) is 17.9 Å². The fourth-order valence-corrected chi connectivity index (χ4v) is 25.8. The Balaban J connectivity index is 0.850. The van der Waals surface area contributed by atoms with Crippen molar-refractivity contribution >= 4 is 136 Å². The van der Waals surface area contributed by atoms with E-state index in [0.29, 0.717) is 5.69 Å². The Hall–Kier alpha value is -17.3. The predicted octanol–water partition coefficient (Wildman–Crippen LogP) is 34.2. The van der Waals surface area contributed by atoms with Gasteiger partial charge in [-0.3, -0.25) is 0 Å². The van der Waals surface area contributed by atoms with Crippen molar-refractivity contribution in [3.63, 3.8) is 0 Å². The molecular weight excluding hydrogens is 1810 g/mol. The number of fused-ring (bicyclic) bond motifs is 21. The van der Waals surface area contributed by atoms with Gasteiger partial charge >= 0.3 is 0 Å². The van der Waals surface area contributed by atoms with E-state index in [1.165, 1.54) is 44.5 Å². The predicted molar refractivity (Wildman–Crippen MR) is 638 cm³/mol. The summed E-state index contributed by atoms with van der Waals surface area (Å²) in [6.07, 6.45) is 0. The van der Waals surface area contributed by atoms with Gasteiger partial charge in [0.2, 0.25) is 0 Å². The molecule has 22 aromatic rings. The number of hydrogen-bond acceptors (Lipinski definition) is 4. The zero-order valence-electron chi connectivity index (χ0n) is 94.2. The van der Waals surface area contributed by atoms with E-state index >= 15 is 0 Å². The van der Waals surface area contributed by atoms with Crippen molar-refractivity contribution in [2.24, 2.45) is 0 Å². The van der Waals surface area contributed by atoms with Crippen LogP contribution < -0.4 is 52.4 Å². The van der Waals surface area contributed by atoms with Crippen LogP contribution in [0.3, 0.4) is 0 Å². The molecule has 0 saturated heterocycles. The summed E-state index contributed by atoms with van der Waals surface area (Å²) in [4.78, 5) is 10.4. The van der Waals surface area contributed by atoms with E-state index in [1.54, 1.807) is 4.57 Å². The van der Waals surface area contributed by atoms with Gasteiger partial charge in [-0.05, 0) is 257 Å². The fourth-order valence-electron chi connectivity index (χ4n) is 25.8. The monoisotopic (exact) mass is 1930 g/mol. The summed E-state index contributed by atoms with van der Waals surface area (Å²) in [5.41, 5.74) is 43.5. The molecule has 0 N–H and O–H groups in total. The second-order valence-corrected chi connectivity index (χ2v) is 45.5. The number of rotatable bonds is 12. The van der Waals surface area contributed by atoms with E-state index in [2.05, 4.69) is 521 Å². The average molecular weight is 1930 g/mol. The van der Waals surface area contributed by atoms with Crippen molar-refractivity contribution in [2.75, 3.05) is 19.6 Å². The molecule has 0 radical (unpaired) electrons. The first-order valence-corrected chi connectivity index (χ1v) is 52.7. The summed E-state index contributed by atoms with van der Waals surface area (Å²) in [5.74, 6) is 0. The first kappa shape index (κ1) is 81.9. The summed E-state index contributed by atoms with van der Waals surface area (Å²) >= 11 is 0. The molecule has 0 atom stereocenters. The summed E-state index contributed by atoms with van der Waals surface area (Å²) in [7, 11) is 0. The molecule has 21 aromatic carbocycles. The molecule has 4 aliphatic heterocycles. The molecule has 5 heterocycles. The van der Waals surface area contributed by atoms with E-state index in [9.17, 15) is 11.0 Å². The van der Waals surface area contributed by atoms with Gasteiger partial charge in [0.1, 0.15) is 0 Å². The second kappa shape index (κ2) is 33.9. The van der Waals surface area contributed by atoms with Crippen molar-refractivity contribution < 1.29 is 11.0 Å². The van der Waals surface area contributed by atoms with E-state index in [-0.39, 0.29) is 27.2 Å². The summed E-state index contributed by atoms with van der Waals surface area (Å²) < 4.78 is 82.3. The van der Waals surface area contributed by atoms with Crippen molar-refractivity contribution in [1.82, 2.24) is 4.57 Å². The van der Waals surface area contributed by atoms with E-state index in [0.717, 1.165) is 201 Å². The molecule has 1 aromatic heterocycles. The van der Waals surface area contributed by atoms with Crippen LogP contribution in [0.25, 0.3) is 128 Å². The van der Waals surface area contributed by atoms with Crippen LogP contribution in [0, 0.1) is 0 Å². The van der Waals surface area contributed by atoms with Gasteiger partial charge < -0.3 is 24.2 Å². The molecule has 0 bridgehead atoms. The highest BCUT2D eigenvalue weighted by Crippen LogP contribution is 2.67. The first-order valence-electron chi connectivity index (χ1n) is 56.7. The van der Waals surface area contributed by atoms with Crippen LogP contribution in [0.4, 0.5) is 68.2 Å². The fraction of sp³-hybridized carbons (Fsp3) is 0.119. The maximum atomic E-state index is 10.6. The zero-order chi connectivity index (χ0) is 108. The third-order valence-corrected chi connectivity index (χ3v) is 32.7. The number of anilines is 12. The normalized spacial score (nSPS) is 14.5. The minimum atomic E-state index is -0.806. The first-order chi connectivity index (χ1) is 76.3. The number of nitrogens with zero attached hydrogens (tertiary/aromatic N) is 5. The highest BCUT2D eigenvalue weighted by Gasteiger charge is 2.55. The SMILES string of the molecule is [2H]c1c([2H])c([2H])c2c(c1[2H])c1c([2H])c([2H])c([2H])c([2H])c1n2-c1cc2c3c(c1)N(c1c(-c4ccccc4)cc(C(C)(C)C)cc1-c1ccccc1)c1ccccc1B3c1cc3c(cc1N2c1cc(C(C)(C)C)cc(C(C)(C)C)c1)N(c1c(-c2ccccc2)cc(C(C)(C)C)cc1-c1ccccc1)c1cc(-c2cccc4c2C2(c5ccccc5-c5ccccc52)c2ccccc2-4)cc2c1B3c1ccccc1N2c1c(-c2ccccc2)cccc1-c1ccccc1. The Morgan fingerprint density at radius 1 is 0.213 bits per heavy atom. The highest BCUT2D eigenvalue weighted by molar-refractivity contribution is 7.03. The Morgan fingerprint density at radius 2 is 0.513 bits per heavy atom. The number of aromatic nitrogens is 1. The third kappa shape index (κ3) is 13.8. The molecule has 2 aliphatic carbocycles. The molecular formula is C143H113B2N5. The maximum Gasteiger partial charge on any atom is 0.252 e. The Morgan fingerprint density at radius 3 is 0.913 bits per heavy atom. The summed E-state index contributed by atoms with van der Waals surface area (Å²) in [5, 5.41) is -0.0401. The van der Waals surface area contributed by atoms with Crippen molar-refractivity contribution in [3.8, 4) is 106 Å². The van der Waals surface area contributed by atoms with Crippen LogP contribution >= 0.6 is 0 Å². The van der Waals surface area contributed by atoms with Gasteiger partial charge in [0.05, 0.1) is 50.2 Å². The van der Waals surface area contributed by atoms with Gasteiger partial charge in [0.25, 0.3) is 13.4 Å². The van der Waals surface area contributed by atoms with Crippen molar-refractivity contribution in [1.29, 1.82) is 0 Å². The number of benzene rings is 21. The molecule has 0 saturated carbocycles. The summed E-state index contributed by atoms with van der Waals surface area (Å²) in [6.45, 7) is 26.4. The second-order valence-electron chi connectivity index (χ2n) is 45.5. The molecule has 716 valence electrons. The molecule has 5 nitrogen and oxygen atoms in total. The van der Waals surface area contributed by atoms with E-state index in [4.69, 9.17) is 0 Å². The van der Waals surface area contributed by atoms with Crippen LogP contribution in [0.5, 0.6) is 0 Å². The van der Waals surface area contributed by atoms with Crippen molar-refractivity contribution in [3.05, 3.63) is 511 Å². The lowest BCUT2D eigenvalue weighted by Gasteiger charge is -2.48. The molecule has 6 aliphatic rings. The Bertz CT molecular complexity index is 9500. The number of para-hydroxylation sites is 5. The largest absolute Gasteiger partial charge is 0.311 e. The van der Waals surface area contributed by atoms with Gasteiger partial charge in [-0.25, -0.2) is 0 Å². The molecule has 28 rings (SSSR count). The lowest BCUT2D eigenvalue weighted by molar-refractivity contribution is 0.568. The van der Waals surface area contributed by atoms with Crippen molar-refractivity contribution in [2.45, 2.75) is 110 Å². The maximum absolute atomic E-state index is 10.6. The van der Waals surface area contributed by atoms with Gasteiger partial charge in [-0.1, -0.05) is 459 Å². The standard InChI is InChI=1S/C143H113B2N5/c1-139(2,3)97-79-98(140(4,5)6)81-101(80-97)147-127-89-128-122(88-121(127)144-120-72-40-44-76-126(120)149(132-87-102(86-131(147)135(132)144)146-123-73-41-34-62-109(123)110-63-35-42-74-124(110)146)137-112(92-51-23-15-24-52-92)82-99(141(7,8)9)83-113(137)93-53-25-16-26-54-93)145-119-71-39-43-75-125(119)148(136-104(90-47-19-13-20-48-90)65-46-66-105(136)91-49-21-14-22-50-91)129-77-96(103-64-45-67-111-108-61-33-38-70-118(108)143(133(103)111)116-68-36-31-59-106(116)107-60-32-37-69-117(107)143)78-130(134(129)145)150(128)138-114(94-55-27-17-28-56-94)84-100(142(10,11)12)85-115(138)95-57-29-18-30-58-95/h13-89H,1-12H3/i34D,35D,41D,42D,62D,63D,73D,74D. The smallest absolute Gasteiger partial charge is 0.252 e. The Kier molecular flexibility index (Phi) is 18.5. The molecule has 150 heavy (non-hydrogen) atoms. The average Bonchev–Trinajstić information content (AvgIpc) is 1.62. The van der Waals surface area contributed by atoms with Crippen LogP contribution in [-0.4, -0.2) is 18.0 Å². The molecule has 7 heteroatoms. The van der Waals surface area contributed by atoms with Gasteiger partial charge in [-0.15, -0.1) is 0 Å². The molecule has 0 fully saturated rings. The molecule has 0 unspecified atom stereocenters. The van der Waals surface area contributed by atoms with Crippen LogP contribution in [0.2, 0.25) is 0 Å². The van der Waals surface area contributed by atoms with Crippen LogP contribution in [0.1, 0.15) is 139 Å². The van der Waals surface area contributed by atoms with Gasteiger partial charge in [-0.2, -0.15) is 0 Å². The lowest BCUT2D eigenvalue weighted by atomic mass is 9.30.